The maximum absolute atomic E-state index is 13.0. The Morgan fingerprint density at radius 1 is 0.971 bits per heavy atom. The Bertz CT molecular complexity index is 856. The van der Waals surface area contributed by atoms with Crippen LogP contribution < -0.4 is 0 Å². The number of likely N-dealkylation sites (N-methyl/N-ethyl adjacent to an activating group) is 1. The Morgan fingerprint density at radius 2 is 1.59 bits per heavy atom. The summed E-state index contributed by atoms with van der Waals surface area (Å²) in [6, 6.07) is 21.3. The maximum atomic E-state index is 13.0. The zero-order chi connectivity index (χ0) is 25.0. The van der Waals surface area contributed by atoms with Crippen molar-refractivity contribution in [1.29, 1.82) is 5.26 Å². The summed E-state index contributed by atoms with van der Waals surface area (Å²) in [6.45, 7) is 8.04. The Kier molecular flexibility index (Phi) is 11.6. The van der Waals surface area contributed by atoms with Gasteiger partial charge in [-0.25, -0.2) is 0 Å². The number of alkyl halides is 3. The van der Waals surface area contributed by atoms with E-state index in [-0.39, 0.29) is 18.8 Å². The first kappa shape index (κ1) is 27.9. The lowest BCUT2D eigenvalue weighted by molar-refractivity contribution is -0.172. The topological polar surface area (TPSA) is 27.0 Å². The second-order valence-electron chi connectivity index (χ2n) is 9.18. The van der Waals surface area contributed by atoms with Crippen LogP contribution in [0.1, 0.15) is 75.5 Å². The molecule has 2 aromatic rings. The highest BCUT2D eigenvalue weighted by atomic mass is 19.4. The molecule has 3 rings (SSSR count). The van der Waals surface area contributed by atoms with E-state index in [1.165, 1.54) is 18.1 Å². The van der Waals surface area contributed by atoms with Crippen molar-refractivity contribution in [2.75, 3.05) is 13.1 Å². The van der Waals surface area contributed by atoms with E-state index in [4.69, 9.17) is 5.26 Å². The number of nitriles is 1. The van der Waals surface area contributed by atoms with Gasteiger partial charge in [0.15, 0.2) is 0 Å². The zero-order valence-electron chi connectivity index (χ0n) is 20.8. The van der Waals surface area contributed by atoms with Gasteiger partial charge in [-0.2, -0.15) is 18.4 Å². The standard InChI is InChI=1S/C27H36F3N.C2H3N/c1-3-26(31(4-2)19-18-21-8-6-5-7-9-21)17-12-22-10-13-23(14-11-22)24-15-16-25(20-24)27(28,29)30;1-2-3/h5-11,13-14,24-26H,3-4,12,15-20H2,1-2H3;1H3. The van der Waals surface area contributed by atoms with Crippen LogP contribution in [0.15, 0.2) is 54.6 Å². The molecule has 0 spiro atoms. The van der Waals surface area contributed by atoms with Crippen LogP contribution in [-0.2, 0) is 12.8 Å². The van der Waals surface area contributed by atoms with Crippen molar-refractivity contribution in [2.45, 2.75) is 83.9 Å². The highest BCUT2D eigenvalue weighted by Gasteiger charge is 2.44. The van der Waals surface area contributed by atoms with E-state index in [0.717, 1.165) is 44.3 Å². The fraction of sp³-hybridized carbons (Fsp3) is 0.552. The minimum Gasteiger partial charge on any atom is -0.300 e. The molecule has 2 aromatic carbocycles. The van der Waals surface area contributed by atoms with E-state index >= 15 is 0 Å². The zero-order valence-corrected chi connectivity index (χ0v) is 20.8. The summed E-state index contributed by atoms with van der Waals surface area (Å²) in [5, 5.41) is 7.32. The molecule has 0 amide bonds. The molecule has 1 fully saturated rings. The normalized spacial score (nSPS) is 18.8. The molecular weight excluding hydrogens is 433 g/mol. The molecule has 0 heterocycles. The Hall–Kier alpha value is -2.32. The van der Waals surface area contributed by atoms with E-state index in [2.05, 4.69) is 73.3 Å². The van der Waals surface area contributed by atoms with Gasteiger partial charge in [0.1, 0.15) is 0 Å². The summed E-state index contributed by atoms with van der Waals surface area (Å²) < 4.78 is 38.9. The Balaban J connectivity index is 0.00000129. The molecular formula is C29H39F3N2. The first-order valence-corrected chi connectivity index (χ1v) is 12.6. The first-order valence-electron chi connectivity index (χ1n) is 12.6. The van der Waals surface area contributed by atoms with Gasteiger partial charge in [0.2, 0.25) is 0 Å². The molecule has 2 nitrogen and oxygen atoms in total. The molecule has 1 aliphatic carbocycles. The summed E-state index contributed by atoms with van der Waals surface area (Å²) in [5.41, 5.74) is 3.73. The molecule has 0 aromatic heterocycles. The van der Waals surface area contributed by atoms with Crippen molar-refractivity contribution in [3.05, 3.63) is 71.3 Å². The molecule has 0 aliphatic heterocycles. The fourth-order valence-electron chi connectivity index (χ4n) is 5.03. The molecule has 0 saturated heterocycles. The van der Waals surface area contributed by atoms with Gasteiger partial charge in [0, 0.05) is 19.5 Å². The number of rotatable bonds is 10. The van der Waals surface area contributed by atoms with Crippen LogP contribution in [0.4, 0.5) is 13.2 Å². The fourth-order valence-corrected chi connectivity index (χ4v) is 5.03. The molecule has 0 radical (unpaired) electrons. The third kappa shape index (κ3) is 8.80. The summed E-state index contributed by atoms with van der Waals surface area (Å²) >= 11 is 0. The second kappa shape index (κ2) is 14.2. The molecule has 186 valence electrons. The van der Waals surface area contributed by atoms with Crippen LogP contribution >= 0.6 is 0 Å². The summed E-state index contributed by atoms with van der Waals surface area (Å²) in [6.07, 6.45) is 1.43. The number of nitrogens with zero attached hydrogens (tertiary/aromatic N) is 2. The van der Waals surface area contributed by atoms with Crippen LogP contribution in [0.3, 0.4) is 0 Å². The van der Waals surface area contributed by atoms with Gasteiger partial charge < -0.3 is 4.90 Å². The molecule has 0 bridgehead atoms. The largest absolute Gasteiger partial charge is 0.391 e. The van der Waals surface area contributed by atoms with Crippen LogP contribution in [0.2, 0.25) is 0 Å². The van der Waals surface area contributed by atoms with Crippen molar-refractivity contribution in [3.63, 3.8) is 0 Å². The Labute approximate surface area is 203 Å². The lowest BCUT2D eigenvalue weighted by Crippen LogP contribution is -2.36. The highest BCUT2D eigenvalue weighted by molar-refractivity contribution is 5.26. The van der Waals surface area contributed by atoms with Gasteiger partial charge in [-0.15, -0.1) is 0 Å². The van der Waals surface area contributed by atoms with E-state index in [1.807, 2.05) is 0 Å². The molecule has 3 atom stereocenters. The van der Waals surface area contributed by atoms with Gasteiger partial charge >= 0.3 is 6.18 Å². The monoisotopic (exact) mass is 472 g/mol. The maximum Gasteiger partial charge on any atom is 0.391 e. The number of hydrogen-bond donors (Lipinski definition) is 0. The van der Waals surface area contributed by atoms with Crippen LogP contribution in [0.5, 0.6) is 0 Å². The average Bonchev–Trinajstić information content (AvgIpc) is 3.34. The summed E-state index contributed by atoms with van der Waals surface area (Å²) in [5.74, 6) is -1.07. The molecule has 34 heavy (non-hydrogen) atoms. The van der Waals surface area contributed by atoms with E-state index in [0.29, 0.717) is 12.5 Å². The summed E-state index contributed by atoms with van der Waals surface area (Å²) in [4.78, 5) is 2.58. The van der Waals surface area contributed by atoms with Crippen molar-refractivity contribution >= 4 is 0 Å². The lowest BCUT2D eigenvalue weighted by Gasteiger charge is -2.30. The van der Waals surface area contributed by atoms with Crippen LogP contribution in [0.25, 0.3) is 0 Å². The van der Waals surface area contributed by atoms with Gasteiger partial charge in [0.25, 0.3) is 0 Å². The summed E-state index contributed by atoms with van der Waals surface area (Å²) in [7, 11) is 0. The third-order valence-corrected chi connectivity index (χ3v) is 7.04. The number of halogens is 3. The van der Waals surface area contributed by atoms with E-state index in [9.17, 15) is 13.2 Å². The molecule has 3 unspecified atom stereocenters. The van der Waals surface area contributed by atoms with Crippen molar-refractivity contribution in [1.82, 2.24) is 4.90 Å². The van der Waals surface area contributed by atoms with E-state index in [1.54, 1.807) is 6.07 Å². The number of aryl methyl sites for hydroxylation is 1. The first-order chi connectivity index (χ1) is 16.3. The average molecular weight is 473 g/mol. The van der Waals surface area contributed by atoms with Gasteiger partial charge in [-0.1, -0.05) is 68.4 Å². The predicted molar refractivity (Wildman–Crippen MR) is 134 cm³/mol. The quantitative estimate of drug-likeness (QED) is 0.351. The van der Waals surface area contributed by atoms with Gasteiger partial charge in [0.05, 0.1) is 12.0 Å². The SMILES string of the molecule is CC#N.CCC(CCc1ccc(C2CCC(C(F)(F)F)C2)cc1)N(CC)CCc1ccccc1. The molecule has 1 saturated carbocycles. The van der Waals surface area contributed by atoms with Gasteiger partial charge in [-0.05, 0) is 74.1 Å². The van der Waals surface area contributed by atoms with Gasteiger partial charge in [-0.3, -0.25) is 0 Å². The molecule has 0 N–H and O–H groups in total. The Morgan fingerprint density at radius 3 is 2.12 bits per heavy atom. The minimum atomic E-state index is -4.05. The van der Waals surface area contributed by atoms with Crippen LogP contribution in [-0.4, -0.2) is 30.2 Å². The minimum absolute atomic E-state index is 0.0534. The highest BCUT2D eigenvalue weighted by Crippen LogP contribution is 2.45. The van der Waals surface area contributed by atoms with Crippen molar-refractivity contribution < 1.29 is 13.2 Å². The molecule has 1 aliphatic rings. The molecule has 5 heteroatoms. The number of benzene rings is 2. The number of hydrogen-bond acceptors (Lipinski definition) is 2. The van der Waals surface area contributed by atoms with Crippen LogP contribution in [0, 0.1) is 17.2 Å². The van der Waals surface area contributed by atoms with Crippen molar-refractivity contribution in [3.8, 4) is 6.07 Å². The lowest BCUT2D eigenvalue weighted by atomic mass is 9.94. The smallest absolute Gasteiger partial charge is 0.300 e. The van der Waals surface area contributed by atoms with E-state index < -0.39 is 12.1 Å². The predicted octanol–water partition coefficient (Wildman–Crippen LogP) is 7.94. The second-order valence-corrected chi connectivity index (χ2v) is 9.18. The van der Waals surface area contributed by atoms with Crippen molar-refractivity contribution in [2.24, 2.45) is 5.92 Å². The third-order valence-electron chi connectivity index (χ3n) is 7.04.